The van der Waals surface area contributed by atoms with E-state index >= 15 is 0 Å². The second-order valence-electron chi connectivity index (χ2n) is 4.56. The minimum atomic E-state index is -0.870. The molecule has 0 aromatic carbocycles. The molecule has 0 saturated carbocycles. The fourth-order valence-electron chi connectivity index (χ4n) is 1.63. The van der Waals surface area contributed by atoms with Crippen molar-refractivity contribution in [2.24, 2.45) is 0 Å². The van der Waals surface area contributed by atoms with Crippen LogP contribution < -0.4 is 0 Å². The average Bonchev–Trinajstić information content (AvgIpc) is 2.07. The minimum Gasteiger partial charge on any atom is -0.480 e. The summed E-state index contributed by atoms with van der Waals surface area (Å²) in [5.41, 5.74) is 0. The highest BCUT2D eigenvalue weighted by Gasteiger charge is 2.51. The number of hydrogen-bond acceptors (Lipinski definition) is 3. The van der Waals surface area contributed by atoms with Crippen LogP contribution in [0, 0.1) is 0 Å². The lowest BCUT2D eigenvalue weighted by Gasteiger charge is -2.46. The van der Waals surface area contributed by atoms with Crippen LogP contribution in [0.2, 0.25) is 6.55 Å². The van der Waals surface area contributed by atoms with Gasteiger partial charge in [0.1, 0.15) is 21.0 Å². The number of hydrogen-bond donors (Lipinski definition) is 1. The van der Waals surface area contributed by atoms with Crippen molar-refractivity contribution < 1.29 is 14.7 Å². The summed E-state index contributed by atoms with van der Waals surface area (Å²) in [6.45, 7) is 7.92. The summed E-state index contributed by atoms with van der Waals surface area (Å²) >= 11 is 1.46. The number of carboxylic acid groups (broad SMARTS) is 1. The van der Waals surface area contributed by atoms with Gasteiger partial charge in [-0.3, -0.25) is 4.79 Å². The van der Waals surface area contributed by atoms with E-state index in [1.807, 2.05) is 27.3 Å². The van der Waals surface area contributed by atoms with Crippen LogP contribution in [0.3, 0.4) is 0 Å². The van der Waals surface area contributed by atoms with E-state index in [0.717, 1.165) is 0 Å². The smallest absolute Gasteiger partial charge is 0.327 e. The lowest BCUT2D eigenvalue weighted by Crippen LogP contribution is -2.67. The molecule has 0 spiro atoms. The van der Waals surface area contributed by atoms with Gasteiger partial charge in [0.05, 0.1) is 0 Å². The summed E-state index contributed by atoms with van der Waals surface area (Å²) < 4.78 is 1.47. The lowest BCUT2D eigenvalue weighted by molar-refractivity contribution is -0.154. The molecule has 0 aromatic heterocycles. The number of nitrogens with zero attached hydrogens (tertiary/aromatic N) is 1. The number of carbonyl (C=O) groups is 2. The topological polar surface area (TPSA) is 57.6 Å². The number of amides is 1. The quantitative estimate of drug-likeness (QED) is 0.576. The molecule has 1 aliphatic heterocycles. The third-order valence-electron chi connectivity index (χ3n) is 2.22. The summed E-state index contributed by atoms with van der Waals surface area (Å²) in [6.07, 6.45) is 0. The molecule has 4 nitrogen and oxygen atoms in total. The Morgan fingerprint density at radius 1 is 1.53 bits per heavy atom. The molecule has 0 bridgehead atoms. The Balaban J connectivity index is 2.73. The summed E-state index contributed by atoms with van der Waals surface area (Å²) in [5.74, 6) is -0.859. The Kier molecular flexibility index (Phi) is 3.50. The van der Waals surface area contributed by atoms with Crippen molar-refractivity contribution in [3.8, 4) is 0 Å². The maximum atomic E-state index is 11.7. The van der Waals surface area contributed by atoms with E-state index < -0.39 is 21.7 Å². The Bertz CT molecular complexity index is 290. The number of carboxylic acids is 1. The van der Waals surface area contributed by atoms with Gasteiger partial charge in [-0.05, 0) is 0 Å². The van der Waals surface area contributed by atoms with E-state index in [-0.39, 0.29) is 15.9 Å². The van der Waals surface area contributed by atoms with Gasteiger partial charge in [0, 0.05) is 4.75 Å². The van der Waals surface area contributed by atoms with Gasteiger partial charge in [0.25, 0.3) is 0 Å². The largest absolute Gasteiger partial charge is 0.480 e. The Labute approximate surface area is 96.3 Å². The zero-order chi connectivity index (χ0) is 11.8. The van der Waals surface area contributed by atoms with Crippen molar-refractivity contribution in [3.63, 3.8) is 0 Å². The normalized spacial score (nSPS) is 27.2. The molecule has 0 unspecified atom stereocenters. The van der Waals surface area contributed by atoms with Crippen LogP contribution in [0.4, 0.5) is 0 Å². The predicted molar refractivity (Wildman–Crippen MR) is 63.8 cm³/mol. The molecule has 0 aliphatic carbocycles. The van der Waals surface area contributed by atoms with Crippen molar-refractivity contribution in [3.05, 3.63) is 0 Å². The second-order valence-corrected chi connectivity index (χ2v) is 7.84. The summed E-state index contributed by atoms with van der Waals surface area (Å²) in [6, 6.07) is -0.585. The van der Waals surface area contributed by atoms with Crippen LogP contribution in [0.15, 0.2) is 0 Å². The van der Waals surface area contributed by atoms with Gasteiger partial charge in [-0.15, -0.1) is 11.8 Å². The van der Waals surface area contributed by atoms with Crippen LogP contribution in [-0.4, -0.2) is 47.3 Å². The highest BCUT2D eigenvalue weighted by atomic mass is 32.2. The number of carbonyl (C=O) groups excluding carboxylic acids is 1. The number of aliphatic carboxylic acids is 1. The maximum Gasteiger partial charge on any atom is 0.327 e. The van der Waals surface area contributed by atoms with Gasteiger partial charge in [0.15, 0.2) is 0 Å². The first kappa shape index (κ1) is 12.6. The van der Waals surface area contributed by atoms with Crippen molar-refractivity contribution in [2.45, 2.75) is 43.4 Å². The molecule has 1 saturated heterocycles. The van der Waals surface area contributed by atoms with E-state index in [4.69, 9.17) is 5.11 Å². The van der Waals surface area contributed by atoms with E-state index in [1.165, 1.54) is 11.8 Å². The molecular formula is C9H17NO3SSi. The van der Waals surface area contributed by atoms with Crippen LogP contribution in [0.25, 0.3) is 0 Å². The standard InChI is InChI=1S/C9H17NO3SSi/c1-9(2,3)14-6-5(8(12)13)10(15-4)7(6)11/h5-6H,15H2,1-4H3,(H,12,13)/t5-,6+/m0/s1. The van der Waals surface area contributed by atoms with Crippen LogP contribution >= 0.6 is 11.8 Å². The van der Waals surface area contributed by atoms with Crippen molar-refractivity contribution in [1.29, 1.82) is 0 Å². The predicted octanol–water partition coefficient (Wildman–Crippen LogP) is 0.314. The van der Waals surface area contributed by atoms with Crippen LogP contribution in [0.1, 0.15) is 20.8 Å². The Morgan fingerprint density at radius 2 is 2.07 bits per heavy atom. The first-order valence-electron chi connectivity index (χ1n) is 4.99. The molecule has 1 heterocycles. The van der Waals surface area contributed by atoms with E-state index in [0.29, 0.717) is 0 Å². The average molecular weight is 247 g/mol. The van der Waals surface area contributed by atoms with Gasteiger partial charge in [0.2, 0.25) is 5.91 Å². The number of thioether (sulfide) groups is 1. The Morgan fingerprint density at radius 3 is 2.40 bits per heavy atom. The monoisotopic (exact) mass is 247 g/mol. The summed E-state index contributed by atoms with van der Waals surface area (Å²) in [7, 11) is -0.708. The fourth-order valence-corrected chi connectivity index (χ4v) is 4.57. The zero-order valence-corrected chi connectivity index (χ0v) is 11.7. The molecule has 2 atom stereocenters. The number of β-lactam (4-membered cyclic amide) rings is 1. The van der Waals surface area contributed by atoms with Crippen LogP contribution in [-0.2, 0) is 9.59 Å². The van der Waals surface area contributed by atoms with Gasteiger partial charge in [-0.1, -0.05) is 27.3 Å². The molecular weight excluding hydrogens is 230 g/mol. The zero-order valence-electron chi connectivity index (χ0n) is 9.48. The lowest BCUT2D eigenvalue weighted by atomic mass is 10.1. The molecule has 1 N–H and O–H groups in total. The van der Waals surface area contributed by atoms with Crippen LogP contribution in [0.5, 0.6) is 0 Å². The molecule has 1 aliphatic rings. The van der Waals surface area contributed by atoms with Gasteiger partial charge >= 0.3 is 5.97 Å². The van der Waals surface area contributed by atoms with Crippen molar-refractivity contribution >= 4 is 33.3 Å². The molecule has 6 heteroatoms. The third-order valence-corrected chi connectivity index (χ3v) is 5.03. The van der Waals surface area contributed by atoms with Crippen molar-refractivity contribution in [1.82, 2.24) is 4.57 Å². The highest BCUT2D eigenvalue weighted by Crippen LogP contribution is 2.38. The Hall–Kier alpha value is -0.493. The first-order valence-corrected chi connectivity index (χ1v) is 7.91. The molecule has 0 aromatic rings. The molecule has 86 valence electrons. The molecule has 1 amide bonds. The highest BCUT2D eigenvalue weighted by molar-refractivity contribution is 8.02. The van der Waals surface area contributed by atoms with E-state index in [9.17, 15) is 9.59 Å². The summed E-state index contributed by atoms with van der Waals surface area (Å²) in [5, 5.41) is 8.66. The summed E-state index contributed by atoms with van der Waals surface area (Å²) in [4.78, 5) is 22.7. The van der Waals surface area contributed by atoms with Gasteiger partial charge in [-0.25, -0.2) is 4.79 Å². The van der Waals surface area contributed by atoms with E-state index in [2.05, 4.69) is 0 Å². The molecule has 15 heavy (non-hydrogen) atoms. The molecule has 0 radical (unpaired) electrons. The minimum absolute atomic E-state index is 0.0106. The van der Waals surface area contributed by atoms with Crippen molar-refractivity contribution in [2.75, 3.05) is 0 Å². The molecule has 1 rings (SSSR count). The number of rotatable bonds is 3. The van der Waals surface area contributed by atoms with Gasteiger partial charge < -0.3 is 9.67 Å². The van der Waals surface area contributed by atoms with Gasteiger partial charge in [-0.2, -0.15) is 0 Å². The third kappa shape index (κ3) is 2.55. The fraction of sp³-hybridized carbons (Fsp3) is 0.778. The van der Waals surface area contributed by atoms with E-state index in [1.54, 1.807) is 4.57 Å². The SMILES string of the molecule is C[SiH2]N1C(=O)[C@H](SC(C)(C)C)[C@H]1C(=O)O. The first-order chi connectivity index (χ1) is 6.78. The molecule has 1 fully saturated rings. The maximum absolute atomic E-state index is 11.7. The second kappa shape index (κ2) is 4.17.